The number of hydrogen-bond donors (Lipinski definition) is 2. The first-order valence-corrected chi connectivity index (χ1v) is 7.09. The van der Waals surface area contributed by atoms with Gasteiger partial charge in [-0.25, -0.2) is 0 Å². The molecule has 0 aromatic heterocycles. The maximum Gasteiger partial charge on any atom is 0.252 e. The van der Waals surface area contributed by atoms with Crippen molar-refractivity contribution in [2.45, 2.75) is 19.4 Å². The minimum Gasteiger partial charge on any atom is -0.394 e. The van der Waals surface area contributed by atoms with Crippen LogP contribution in [0.1, 0.15) is 28.4 Å². The van der Waals surface area contributed by atoms with Gasteiger partial charge in [0.05, 0.1) is 12.1 Å². The minimum atomic E-state index is -0.829. The maximum atomic E-state index is 12.5. The van der Waals surface area contributed by atoms with E-state index in [1.165, 1.54) is 0 Å². The Labute approximate surface area is 129 Å². The number of hydrogen-bond acceptors (Lipinski definition) is 2. The molecule has 0 radical (unpaired) electrons. The number of amides is 1. The van der Waals surface area contributed by atoms with E-state index in [9.17, 15) is 9.90 Å². The van der Waals surface area contributed by atoms with Crippen molar-refractivity contribution in [3.63, 3.8) is 0 Å². The van der Waals surface area contributed by atoms with E-state index in [1.807, 2.05) is 37.3 Å². The number of nitrogens with one attached hydrogen (secondary N) is 1. The summed E-state index contributed by atoms with van der Waals surface area (Å²) in [6, 6.07) is 14.5. The van der Waals surface area contributed by atoms with Gasteiger partial charge in [0, 0.05) is 10.6 Å². The lowest BCUT2D eigenvalue weighted by molar-refractivity contribution is 0.0849. The first-order valence-electron chi connectivity index (χ1n) is 6.71. The van der Waals surface area contributed by atoms with Crippen molar-refractivity contribution in [2.24, 2.45) is 0 Å². The molecule has 0 aliphatic rings. The molecule has 21 heavy (non-hydrogen) atoms. The fraction of sp³-hybridized carbons (Fsp3) is 0.235. The normalized spacial score (nSPS) is 13.5. The Morgan fingerprint density at radius 3 is 2.48 bits per heavy atom. The van der Waals surface area contributed by atoms with Crippen molar-refractivity contribution in [1.29, 1.82) is 0 Å². The number of aliphatic hydroxyl groups is 1. The van der Waals surface area contributed by atoms with Gasteiger partial charge in [0.1, 0.15) is 0 Å². The van der Waals surface area contributed by atoms with Crippen molar-refractivity contribution < 1.29 is 9.90 Å². The molecule has 2 aromatic rings. The highest BCUT2D eigenvalue weighted by molar-refractivity contribution is 6.30. The van der Waals surface area contributed by atoms with Gasteiger partial charge in [-0.2, -0.15) is 0 Å². The van der Waals surface area contributed by atoms with E-state index < -0.39 is 5.54 Å². The summed E-state index contributed by atoms with van der Waals surface area (Å²) >= 11 is 5.91. The van der Waals surface area contributed by atoms with Crippen LogP contribution in [0.25, 0.3) is 0 Å². The number of rotatable bonds is 4. The topological polar surface area (TPSA) is 49.3 Å². The summed E-state index contributed by atoms with van der Waals surface area (Å²) in [6.45, 7) is 3.44. The Morgan fingerprint density at radius 2 is 1.90 bits per heavy atom. The van der Waals surface area contributed by atoms with Crippen molar-refractivity contribution in [2.75, 3.05) is 6.61 Å². The summed E-state index contributed by atoms with van der Waals surface area (Å²) in [4.78, 5) is 12.5. The number of aliphatic hydroxyl groups excluding tert-OH is 1. The summed E-state index contributed by atoms with van der Waals surface area (Å²) in [6.07, 6.45) is 0. The third-order valence-corrected chi connectivity index (χ3v) is 3.78. The van der Waals surface area contributed by atoms with Crippen LogP contribution >= 0.6 is 11.6 Å². The van der Waals surface area contributed by atoms with Crippen LogP contribution in [0.15, 0.2) is 48.5 Å². The molecular formula is C17H18ClNO2. The van der Waals surface area contributed by atoms with Crippen molar-refractivity contribution >= 4 is 17.5 Å². The maximum absolute atomic E-state index is 12.5. The highest BCUT2D eigenvalue weighted by Crippen LogP contribution is 2.22. The number of aryl methyl sites for hydroxylation is 1. The molecule has 0 bridgehead atoms. The molecule has 0 spiro atoms. The molecule has 1 unspecified atom stereocenters. The Bertz CT molecular complexity index is 642. The van der Waals surface area contributed by atoms with Gasteiger partial charge in [0.15, 0.2) is 0 Å². The van der Waals surface area contributed by atoms with Gasteiger partial charge in [-0.05, 0) is 43.2 Å². The monoisotopic (exact) mass is 303 g/mol. The first-order chi connectivity index (χ1) is 9.96. The molecule has 1 atom stereocenters. The second-order valence-electron chi connectivity index (χ2n) is 5.27. The van der Waals surface area contributed by atoms with Crippen molar-refractivity contribution in [1.82, 2.24) is 5.32 Å². The van der Waals surface area contributed by atoms with E-state index in [0.717, 1.165) is 11.1 Å². The zero-order valence-corrected chi connectivity index (χ0v) is 12.8. The smallest absolute Gasteiger partial charge is 0.252 e. The molecule has 0 aliphatic carbocycles. The average Bonchev–Trinajstić information content (AvgIpc) is 2.47. The summed E-state index contributed by atoms with van der Waals surface area (Å²) in [5.74, 6) is -0.232. The molecule has 4 heteroatoms. The lowest BCUT2D eigenvalue weighted by atomic mass is 9.92. The van der Waals surface area contributed by atoms with E-state index >= 15 is 0 Å². The Kier molecular flexibility index (Phi) is 4.66. The number of carbonyl (C=O) groups excluding carboxylic acids is 1. The molecule has 2 N–H and O–H groups in total. The summed E-state index contributed by atoms with van der Waals surface area (Å²) in [7, 11) is 0. The second-order valence-corrected chi connectivity index (χ2v) is 5.71. The minimum absolute atomic E-state index is 0.185. The molecular weight excluding hydrogens is 286 g/mol. The first kappa shape index (κ1) is 15.5. The van der Waals surface area contributed by atoms with E-state index in [2.05, 4.69) is 5.32 Å². The van der Waals surface area contributed by atoms with E-state index in [1.54, 1.807) is 25.1 Å². The lowest BCUT2D eigenvalue weighted by Crippen LogP contribution is -2.46. The van der Waals surface area contributed by atoms with Gasteiger partial charge in [-0.1, -0.05) is 41.9 Å². The number of benzene rings is 2. The fourth-order valence-electron chi connectivity index (χ4n) is 2.21. The van der Waals surface area contributed by atoms with Gasteiger partial charge in [-0.3, -0.25) is 4.79 Å². The van der Waals surface area contributed by atoms with E-state index in [4.69, 9.17) is 11.6 Å². The lowest BCUT2D eigenvalue weighted by Gasteiger charge is -2.29. The van der Waals surface area contributed by atoms with Gasteiger partial charge in [0.2, 0.25) is 0 Å². The average molecular weight is 304 g/mol. The molecule has 0 aliphatic heterocycles. The third-order valence-electron chi connectivity index (χ3n) is 3.55. The summed E-state index contributed by atoms with van der Waals surface area (Å²) < 4.78 is 0. The highest BCUT2D eigenvalue weighted by atomic mass is 35.5. The Hall–Kier alpha value is -1.84. The van der Waals surface area contributed by atoms with Gasteiger partial charge in [0.25, 0.3) is 5.91 Å². The van der Waals surface area contributed by atoms with Gasteiger partial charge < -0.3 is 10.4 Å². The Balaban J connectivity index is 2.28. The van der Waals surface area contributed by atoms with Crippen molar-refractivity contribution in [3.8, 4) is 0 Å². The largest absolute Gasteiger partial charge is 0.394 e. The molecule has 2 rings (SSSR count). The number of halogens is 1. The fourth-order valence-corrected chi connectivity index (χ4v) is 2.44. The molecule has 2 aromatic carbocycles. The van der Waals surface area contributed by atoms with Crippen LogP contribution in [0.2, 0.25) is 5.02 Å². The van der Waals surface area contributed by atoms with Crippen LogP contribution in [0.5, 0.6) is 0 Å². The van der Waals surface area contributed by atoms with E-state index in [0.29, 0.717) is 10.6 Å². The molecule has 0 heterocycles. The van der Waals surface area contributed by atoms with Crippen LogP contribution in [-0.2, 0) is 5.54 Å². The zero-order valence-electron chi connectivity index (χ0n) is 12.1. The van der Waals surface area contributed by atoms with Crippen LogP contribution in [0, 0.1) is 6.92 Å². The molecule has 0 saturated carbocycles. The van der Waals surface area contributed by atoms with Gasteiger partial charge >= 0.3 is 0 Å². The number of carbonyl (C=O) groups is 1. The van der Waals surface area contributed by atoms with Gasteiger partial charge in [-0.15, -0.1) is 0 Å². The zero-order chi connectivity index (χ0) is 15.5. The molecule has 1 amide bonds. The molecule has 3 nitrogen and oxygen atoms in total. The predicted octanol–water partition coefficient (Wildman–Crippen LogP) is 3.29. The molecule has 0 saturated heterocycles. The standard InChI is InChI=1S/C17H18ClNO2/c1-12-10-14(18)8-9-15(12)16(21)19-17(2,11-20)13-6-4-3-5-7-13/h3-10,20H,11H2,1-2H3,(H,19,21). The summed E-state index contributed by atoms with van der Waals surface area (Å²) in [5, 5.41) is 13.2. The molecule has 110 valence electrons. The Morgan fingerprint density at radius 1 is 1.24 bits per heavy atom. The van der Waals surface area contributed by atoms with Crippen molar-refractivity contribution in [3.05, 3.63) is 70.2 Å². The molecule has 0 fully saturated rings. The quantitative estimate of drug-likeness (QED) is 0.910. The van der Waals surface area contributed by atoms with Crippen LogP contribution in [0.4, 0.5) is 0 Å². The van der Waals surface area contributed by atoms with Crippen LogP contribution in [-0.4, -0.2) is 17.6 Å². The third kappa shape index (κ3) is 3.43. The van der Waals surface area contributed by atoms with Crippen LogP contribution in [0.3, 0.4) is 0 Å². The predicted molar refractivity (Wildman–Crippen MR) is 84.5 cm³/mol. The van der Waals surface area contributed by atoms with E-state index in [-0.39, 0.29) is 12.5 Å². The summed E-state index contributed by atoms with van der Waals surface area (Å²) in [5.41, 5.74) is 1.38. The highest BCUT2D eigenvalue weighted by Gasteiger charge is 2.28. The van der Waals surface area contributed by atoms with Crippen LogP contribution < -0.4 is 5.32 Å². The SMILES string of the molecule is Cc1cc(Cl)ccc1C(=O)NC(C)(CO)c1ccccc1. The second kappa shape index (κ2) is 6.29.